The molecule has 1 heterocycles. The van der Waals surface area contributed by atoms with E-state index in [1.54, 1.807) is 24.3 Å². The fraction of sp³-hybridized carbons (Fsp3) is 0.130. The van der Waals surface area contributed by atoms with Gasteiger partial charge in [-0.25, -0.2) is 9.78 Å². The highest BCUT2D eigenvalue weighted by molar-refractivity contribution is 5.97. The van der Waals surface area contributed by atoms with E-state index in [9.17, 15) is 14.4 Å². The molecule has 0 saturated heterocycles. The molecule has 0 fully saturated rings. The van der Waals surface area contributed by atoms with Crippen molar-refractivity contribution in [3.05, 3.63) is 66.4 Å². The van der Waals surface area contributed by atoms with Crippen molar-refractivity contribution in [1.29, 1.82) is 0 Å². The van der Waals surface area contributed by atoms with Crippen LogP contribution >= 0.6 is 0 Å². The van der Waals surface area contributed by atoms with E-state index in [-0.39, 0.29) is 5.91 Å². The molecule has 0 aliphatic rings. The van der Waals surface area contributed by atoms with Gasteiger partial charge in [-0.05, 0) is 36.4 Å². The fourth-order valence-electron chi connectivity index (χ4n) is 2.79. The van der Waals surface area contributed by atoms with Gasteiger partial charge in [0.25, 0.3) is 5.91 Å². The SMILES string of the molecule is COc1ccc(NC(C)=O)cc1NC(=O)COC(=O)/C=C/c1ccc2ccccc2n1. The zero-order valence-corrected chi connectivity index (χ0v) is 17.0. The largest absolute Gasteiger partial charge is 0.495 e. The number of amides is 2. The average Bonchev–Trinajstić information content (AvgIpc) is 2.76. The maximum Gasteiger partial charge on any atom is 0.331 e. The first-order valence-corrected chi connectivity index (χ1v) is 9.41. The summed E-state index contributed by atoms with van der Waals surface area (Å²) in [6, 6.07) is 16.1. The molecule has 31 heavy (non-hydrogen) atoms. The van der Waals surface area contributed by atoms with Crippen LogP contribution in [0.5, 0.6) is 5.75 Å². The zero-order valence-electron chi connectivity index (χ0n) is 17.0. The molecule has 2 aromatic carbocycles. The first kappa shape index (κ1) is 21.5. The molecule has 8 heteroatoms. The lowest BCUT2D eigenvalue weighted by Gasteiger charge is -2.12. The number of carbonyl (C=O) groups is 3. The van der Waals surface area contributed by atoms with E-state index in [4.69, 9.17) is 9.47 Å². The molecule has 2 N–H and O–H groups in total. The number of carbonyl (C=O) groups excluding carboxylic acids is 3. The summed E-state index contributed by atoms with van der Waals surface area (Å²) in [5.74, 6) is -1.08. The predicted octanol–water partition coefficient (Wildman–Crippen LogP) is 3.40. The summed E-state index contributed by atoms with van der Waals surface area (Å²) in [4.78, 5) is 39.8. The Labute approximate surface area is 178 Å². The van der Waals surface area contributed by atoms with Crippen LogP contribution in [0.1, 0.15) is 12.6 Å². The van der Waals surface area contributed by atoms with E-state index >= 15 is 0 Å². The van der Waals surface area contributed by atoms with Crippen molar-refractivity contribution in [2.75, 3.05) is 24.4 Å². The first-order valence-electron chi connectivity index (χ1n) is 9.41. The molecule has 3 aromatic rings. The van der Waals surface area contributed by atoms with Crippen molar-refractivity contribution in [2.45, 2.75) is 6.92 Å². The number of esters is 1. The van der Waals surface area contributed by atoms with Gasteiger partial charge in [0.15, 0.2) is 6.61 Å². The number of anilines is 2. The minimum Gasteiger partial charge on any atom is -0.495 e. The van der Waals surface area contributed by atoms with Gasteiger partial charge < -0.3 is 20.1 Å². The molecule has 158 valence electrons. The molecular weight excluding hydrogens is 398 g/mol. The van der Waals surface area contributed by atoms with Gasteiger partial charge in [0.05, 0.1) is 24.0 Å². The summed E-state index contributed by atoms with van der Waals surface area (Å²) >= 11 is 0. The average molecular weight is 419 g/mol. The Balaban J connectivity index is 1.56. The zero-order chi connectivity index (χ0) is 22.2. The van der Waals surface area contributed by atoms with Crippen LogP contribution in [0.4, 0.5) is 11.4 Å². The second-order valence-corrected chi connectivity index (χ2v) is 6.51. The second kappa shape index (κ2) is 10.0. The van der Waals surface area contributed by atoms with Crippen LogP contribution in [0.15, 0.2) is 60.7 Å². The van der Waals surface area contributed by atoms with E-state index < -0.39 is 18.5 Å². The van der Waals surface area contributed by atoms with Crippen molar-refractivity contribution in [2.24, 2.45) is 0 Å². The molecule has 0 spiro atoms. The maximum atomic E-state index is 12.2. The van der Waals surface area contributed by atoms with Gasteiger partial charge in [0.2, 0.25) is 5.91 Å². The van der Waals surface area contributed by atoms with Crippen LogP contribution in [0.25, 0.3) is 17.0 Å². The third-order valence-electron chi connectivity index (χ3n) is 4.15. The van der Waals surface area contributed by atoms with Crippen LogP contribution < -0.4 is 15.4 Å². The van der Waals surface area contributed by atoms with E-state index in [2.05, 4.69) is 15.6 Å². The minimum atomic E-state index is -0.677. The monoisotopic (exact) mass is 419 g/mol. The number of benzene rings is 2. The maximum absolute atomic E-state index is 12.2. The lowest BCUT2D eigenvalue weighted by molar-refractivity contribution is -0.142. The lowest BCUT2D eigenvalue weighted by Crippen LogP contribution is -2.20. The molecule has 1 aromatic heterocycles. The summed E-state index contributed by atoms with van der Waals surface area (Å²) in [6.07, 6.45) is 2.73. The Morgan fingerprint density at radius 3 is 2.61 bits per heavy atom. The molecule has 0 saturated carbocycles. The molecule has 0 aliphatic heterocycles. The van der Waals surface area contributed by atoms with Crippen LogP contribution in [-0.4, -0.2) is 36.5 Å². The number of para-hydroxylation sites is 1. The molecule has 2 amide bonds. The van der Waals surface area contributed by atoms with Crippen LogP contribution in [0, 0.1) is 0 Å². The van der Waals surface area contributed by atoms with Crippen LogP contribution in [-0.2, 0) is 19.1 Å². The molecule has 0 radical (unpaired) electrons. The summed E-state index contributed by atoms with van der Waals surface area (Å²) < 4.78 is 10.2. The van der Waals surface area contributed by atoms with E-state index in [1.165, 1.54) is 26.2 Å². The van der Waals surface area contributed by atoms with Gasteiger partial charge in [-0.3, -0.25) is 9.59 Å². The smallest absolute Gasteiger partial charge is 0.331 e. The first-order chi connectivity index (χ1) is 14.9. The number of hydrogen-bond donors (Lipinski definition) is 2. The fourth-order valence-corrected chi connectivity index (χ4v) is 2.79. The molecule has 0 aliphatic carbocycles. The van der Waals surface area contributed by atoms with E-state index in [1.807, 2.05) is 30.3 Å². The topological polar surface area (TPSA) is 107 Å². The standard InChI is InChI=1S/C23H21N3O5/c1-15(27)24-18-9-11-21(30-2)20(13-18)26-22(28)14-31-23(29)12-10-17-8-7-16-5-3-4-6-19(16)25-17/h3-13H,14H2,1-2H3,(H,24,27)(H,26,28)/b12-10+. The minimum absolute atomic E-state index is 0.246. The highest BCUT2D eigenvalue weighted by Crippen LogP contribution is 2.27. The Morgan fingerprint density at radius 2 is 1.84 bits per heavy atom. The number of pyridine rings is 1. The molecular formula is C23H21N3O5. The Morgan fingerprint density at radius 1 is 1.03 bits per heavy atom. The predicted molar refractivity (Wildman–Crippen MR) is 118 cm³/mol. The van der Waals surface area contributed by atoms with Gasteiger partial charge in [0, 0.05) is 24.1 Å². The number of methoxy groups -OCH3 is 1. The highest BCUT2D eigenvalue weighted by atomic mass is 16.5. The number of nitrogens with zero attached hydrogens (tertiary/aromatic N) is 1. The molecule has 0 bridgehead atoms. The Bertz CT molecular complexity index is 1160. The lowest BCUT2D eigenvalue weighted by atomic mass is 10.2. The third kappa shape index (κ3) is 6.14. The number of hydrogen-bond acceptors (Lipinski definition) is 6. The second-order valence-electron chi connectivity index (χ2n) is 6.51. The summed E-state index contributed by atoms with van der Waals surface area (Å²) in [7, 11) is 1.45. The molecule has 0 unspecified atom stereocenters. The van der Waals surface area contributed by atoms with E-state index in [0.29, 0.717) is 22.8 Å². The van der Waals surface area contributed by atoms with Crippen LogP contribution in [0.2, 0.25) is 0 Å². The van der Waals surface area contributed by atoms with Gasteiger partial charge in [-0.1, -0.05) is 24.3 Å². The van der Waals surface area contributed by atoms with Gasteiger partial charge in [-0.2, -0.15) is 0 Å². The number of ether oxygens (including phenoxy) is 2. The third-order valence-corrected chi connectivity index (χ3v) is 4.15. The number of aromatic nitrogens is 1. The van der Waals surface area contributed by atoms with Crippen molar-refractivity contribution in [3.63, 3.8) is 0 Å². The van der Waals surface area contributed by atoms with Crippen molar-refractivity contribution in [3.8, 4) is 5.75 Å². The summed E-state index contributed by atoms with van der Waals surface area (Å²) in [6.45, 7) is 0.894. The normalized spacial score (nSPS) is 10.6. The quantitative estimate of drug-likeness (QED) is 0.449. The molecule has 8 nitrogen and oxygen atoms in total. The summed E-state index contributed by atoms with van der Waals surface area (Å²) in [5, 5.41) is 6.21. The van der Waals surface area contributed by atoms with E-state index in [0.717, 1.165) is 10.9 Å². The highest BCUT2D eigenvalue weighted by Gasteiger charge is 2.11. The van der Waals surface area contributed by atoms with Gasteiger partial charge in [0.1, 0.15) is 5.75 Å². The van der Waals surface area contributed by atoms with Crippen molar-refractivity contribution in [1.82, 2.24) is 4.98 Å². The Kier molecular flexibility index (Phi) is 6.95. The van der Waals surface area contributed by atoms with Gasteiger partial charge in [-0.15, -0.1) is 0 Å². The van der Waals surface area contributed by atoms with Gasteiger partial charge >= 0.3 is 5.97 Å². The number of fused-ring (bicyclic) bond motifs is 1. The number of nitrogens with one attached hydrogen (secondary N) is 2. The van der Waals surface area contributed by atoms with Crippen molar-refractivity contribution >= 4 is 46.1 Å². The van der Waals surface area contributed by atoms with Crippen LogP contribution in [0.3, 0.4) is 0 Å². The number of rotatable bonds is 7. The summed E-state index contributed by atoms with van der Waals surface area (Å²) in [5.41, 5.74) is 2.24. The van der Waals surface area contributed by atoms with Crippen molar-refractivity contribution < 1.29 is 23.9 Å². The molecule has 0 atom stereocenters. The Hall–Kier alpha value is -4.20. The molecule has 3 rings (SSSR count).